The number of aliphatic hydroxyl groups is 1. The predicted octanol–water partition coefficient (Wildman–Crippen LogP) is 2.76. The number of thiazole rings is 1. The van der Waals surface area contributed by atoms with Gasteiger partial charge in [-0.2, -0.15) is 0 Å². The molecule has 0 aliphatic carbocycles. The number of amides is 2. The monoisotopic (exact) mass is 496 g/mol. The Morgan fingerprint density at radius 1 is 1.29 bits per heavy atom. The smallest absolute Gasteiger partial charge is 0.355 e. The number of nitrogens with one attached hydrogen (secondary N) is 1. The zero-order valence-electron chi connectivity index (χ0n) is 21.2. The van der Waals surface area contributed by atoms with Gasteiger partial charge in [-0.15, -0.1) is 11.3 Å². The Morgan fingerprint density at radius 3 is 2.50 bits per heavy atom. The van der Waals surface area contributed by atoms with E-state index in [4.69, 9.17) is 5.11 Å². The van der Waals surface area contributed by atoms with Crippen molar-refractivity contribution in [2.45, 2.75) is 84.0 Å². The summed E-state index contributed by atoms with van der Waals surface area (Å²) in [5, 5.41) is 24.6. The molecule has 0 bridgehead atoms. The van der Waals surface area contributed by atoms with Crippen molar-refractivity contribution in [1.82, 2.24) is 20.1 Å². The van der Waals surface area contributed by atoms with E-state index in [1.54, 1.807) is 11.9 Å². The molecule has 2 amide bonds. The Morgan fingerprint density at radius 2 is 1.97 bits per heavy atom. The van der Waals surface area contributed by atoms with Crippen molar-refractivity contribution >= 4 is 29.1 Å². The van der Waals surface area contributed by atoms with Crippen molar-refractivity contribution in [3.05, 3.63) is 16.1 Å². The molecule has 3 N–H and O–H groups in total. The van der Waals surface area contributed by atoms with Gasteiger partial charge in [0.2, 0.25) is 11.8 Å². The Hall–Kier alpha value is -2.04. The number of aliphatic hydroxyl groups excluding tert-OH is 1. The third kappa shape index (κ3) is 6.99. The number of hydrogen-bond acceptors (Lipinski definition) is 7. The molecule has 5 atom stereocenters. The Balaban J connectivity index is 2.16. The van der Waals surface area contributed by atoms with Crippen LogP contribution in [0.4, 0.5) is 0 Å². The van der Waals surface area contributed by atoms with E-state index in [1.165, 1.54) is 5.38 Å². The van der Waals surface area contributed by atoms with Crippen LogP contribution in [0.25, 0.3) is 0 Å². The SMILES string of the molecule is CCC(C)C(NC(=O)[C@H]1CCCCN1C)C(=O)N(C)C(CC(O)c1nc(C(=O)O)cs1)C(C)C. The second-order valence-corrected chi connectivity index (χ2v) is 10.6. The number of carboxylic acid groups (broad SMARTS) is 1. The zero-order valence-corrected chi connectivity index (χ0v) is 22.0. The van der Waals surface area contributed by atoms with Crippen LogP contribution in [0.5, 0.6) is 0 Å². The van der Waals surface area contributed by atoms with Gasteiger partial charge in [0.15, 0.2) is 5.69 Å². The standard InChI is InChI=1S/C24H40N4O5S/c1-7-15(4)20(26-21(30)17-10-8-9-11-27(17)5)23(31)28(6)18(14(2)3)12-19(29)22-25-16(13-34-22)24(32)33/h13-15,17-20,29H,7-12H2,1-6H3,(H,26,30)(H,32,33)/t15?,17-,18?,19?,20?/m1/s1. The van der Waals surface area contributed by atoms with E-state index in [1.807, 2.05) is 39.6 Å². The molecular formula is C24H40N4O5S. The number of carboxylic acids is 1. The molecule has 1 aliphatic heterocycles. The molecular weight excluding hydrogens is 456 g/mol. The van der Waals surface area contributed by atoms with Gasteiger partial charge in [-0.05, 0) is 38.3 Å². The van der Waals surface area contributed by atoms with E-state index < -0.39 is 18.1 Å². The zero-order chi connectivity index (χ0) is 25.6. The van der Waals surface area contributed by atoms with E-state index in [0.717, 1.165) is 43.6 Å². The highest BCUT2D eigenvalue weighted by Gasteiger charge is 2.36. The van der Waals surface area contributed by atoms with E-state index in [2.05, 4.69) is 10.3 Å². The van der Waals surface area contributed by atoms with Gasteiger partial charge < -0.3 is 20.4 Å². The quantitative estimate of drug-likeness (QED) is 0.430. The van der Waals surface area contributed by atoms with E-state index >= 15 is 0 Å². The number of hydrogen-bond donors (Lipinski definition) is 3. The van der Waals surface area contributed by atoms with E-state index in [0.29, 0.717) is 5.01 Å². The molecule has 1 aromatic rings. The molecule has 0 radical (unpaired) electrons. The van der Waals surface area contributed by atoms with Crippen LogP contribution in [-0.4, -0.2) is 81.5 Å². The summed E-state index contributed by atoms with van der Waals surface area (Å²) in [6, 6.07) is -1.20. The van der Waals surface area contributed by atoms with Gasteiger partial charge in [-0.3, -0.25) is 14.5 Å². The highest BCUT2D eigenvalue weighted by molar-refractivity contribution is 7.09. The summed E-state index contributed by atoms with van der Waals surface area (Å²) >= 11 is 1.09. The lowest BCUT2D eigenvalue weighted by Gasteiger charge is -2.38. The number of piperidine rings is 1. The molecule has 10 heteroatoms. The number of nitrogens with zero attached hydrogens (tertiary/aromatic N) is 3. The fourth-order valence-electron chi connectivity index (χ4n) is 4.47. The number of carbonyl (C=O) groups is 3. The Bertz CT molecular complexity index is 845. The van der Waals surface area contributed by atoms with Crippen LogP contribution in [0.3, 0.4) is 0 Å². The van der Waals surface area contributed by atoms with E-state index in [-0.39, 0.29) is 47.8 Å². The molecule has 192 valence electrons. The maximum atomic E-state index is 13.6. The summed E-state index contributed by atoms with van der Waals surface area (Å²) in [7, 11) is 3.65. The van der Waals surface area contributed by atoms with Crippen molar-refractivity contribution in [1.29, 1.82) is 0 Å². The van der Waals surface area contributed by atoms with E-state index in [9.17, 15) is 19.5 Å². The van der Waals surface area contributed by atoms with Gasteiger partial charge in [-0.25, -0.2) is 9.78 Å². The number of rotatable bonds is 11. The molecule has 4 unspecified atom stereocenters. The molecule has 2 heterocycles. The average Bonchev–Trinajstić information content (AvgIpc) is 3.30. The molecule has 2 rings (SSSR count). The molecule has 9 nitrogen and oxygen atoms in total. The second-order valence-electron chi connectivity index (χ2n) is 9.75. The Kier molecular flexibility index (Phi) is 10.5. The fraction of sp³-hybridized carbons (Fsp3) is 0.750. The minimum atomic E-state index is -1.14. The first-order valence-electron chi connectivity index (χ1n) is 12.1. The number of aromatic carboxylic acids is 1. The van der Waals surface area contributed by atoms with Crippen LogP contribution < -0.4 is 5.32 Å². The minimum Gasteiger partial charge on any atom is -0.476 e. The number of likely N-dealkylation sites (N-methyl/N-ethyl adjacent to an activating group) is 2. The second kappa shape index (κ2) is 12.6. The maximum Gasteiger partial charge on any atom is 0.355 e. The van der Waals surface area contributed by atoms with Crippen molar-refractivity contribution in [3.63, 3.8) is 0 Å². The summed E-state index contributed by atoms with van der Waals surface area (Å²) < 4.78 is 0. The molecule has 1 aliphatic rings. The third-order valence-electron chi connectivity index (χ3n) is 6.96. The van der Waals surface area contributed by atoms with Gasteiger partial charge in [-0.1, -0.05) is 40.5 Å². The number of likely N-dealkylation sites (tertiary alicyclic amines) is 1. The first-order chi connectivity index (χ1) is 16.0. The lowest BCUT2D eigenvalue weighted by atomic mass is 9.92. The van der Waals surface area contributed by atoms with Crippen LogP contribution >= 0.6 is 11.3 Å². The Labute approximate surface area is 206 Å². The summed E-state index contributed by atoms with van der Waals surface area (Å²) in [6.07, 6.45) is 2.82. The van der Waals surface area contributed by atoms with Crippen LogP contribution in [0.2, 0.25) is 0 Å². The van der Waals surface area contributed by atoms with Gasteiger partial charge in [0.05, 0.1) is 6.04 Å². The highest BCUT2D eigenvalue weighted by Crippen LogP contribution is 2.28. The summed E-state index contributed by atoms with van der Waals surface area (Å²) in [4.78, 5) is 45.5. The molecule has 1 fully saturated rings. The number of aromatic nitrogens is 1. The summed E-state index contributed by atoms with van der Waals surface area (Å²) in [5.74, 6) is -1.46. The number of carbonyl (C=O) groups excluding carboxylic acids is 2. The molecule has 0 spiro atoms. The predicted molar refractivity (Wildman–Crippen MR) is 132 cm³/mol. The van der Waals surface area contributed by atoms with Crippen molar-refractivity contribution in [2.24, 2.45) is 11.8 Å². The van der Waals surface area contributed by atoms with Gasteiger partial charge >= 0.3 is 5.97 Å². The van der Waals surface area contributed by atoms with Gasteiger partial charge in [0.25, 0.3) is 0 Å². The minimum absolute atomic E-state index is 0.0280. The van der Waals surface area contributed by atoms with Crippen LogP contribution in [0.15, 0.2) is 5.38 Å². The first-order valence-corrected chi connectivity index (χ1v) is 13.0. The molecule has 1 saturated heterocycles. The first kappa shape index (κ1) is 28.2. The largest absolute Gasteiger partial charge is 0.476 e. The lowest BCUT2D eigenvalue weighted by Crippen LogP contribution is -2.58. The maximum absolute atomic E-state index is 13.6. The molecule has 0 saturated carbocycles. The lowest BCUT2D eigenvalue weighted by molar-refractivity contribution is -0.141. The molecule has 34 heavy (non-hydrogen) atoms. The van der Waals surface area contributed by atoms with Gasteiger partial charge in [0.1, 0.15) is 17.2 Å². The van der Waals surface area contributed by atoms with Crippen molar-refractivity contribution in [2.75, 3.05) is 20.6 Å². The van der Waals surface area contributed by atoms with Crippen LogP contribution in [0, 0.1) is 11.8 Å². The van der Waals surface area contributed by atoms with Crippen LogP contribution in [0.1, 0.15) is 81.4 Å². The summed E-state index contributed by atoms with van der Waals surface area (Å²) in [5.41, 5.74) is -0.100. The normalized spacial score (nSPS) is 20.4. The topological polar surface area (TPSA) is 123 Å². The van der Waals surface area contributed by atoms with Crippen molar-refractivity contribution < 1.29 is 24.6 Å². The fourth-order valence-corrected chi connectivity index (χ4v) is 5.26. The third-order valence-corrected chi connectivity index (χ3v) is 7.90. The van der Waals surface area contributed by atoms with Gasteiger partial charge in [0, 0.05) is 24.9 Å². The summed E-state index contributed by atoms with van der Waals surface area (Å²) in [6.45, 7) is 8.77. The molecule has 0 aromatic carbocycles. The molecule has 1 aromatic heterocycles. The highest BCUT2D eigenvalue weighted by atomic mass is 32.1. The van der Waals surface area contributed by atoms with Crippen molar-refractivity contribution in [3.8, 4) is 0 Å². The average molecular weight is 497 g/mol. The van der Waals surface area contributed by atoms with Crippen LogP contribution in [-0.2, 0) is 9.59 Å².